The minimum absolute atomic E-state index is 0.0373. The van der Waals surface area contributed by atoms with Crippen LogP contribution in [0.15, 0.2) is 84.9 Å². The Bertz CT molecular complexity index is 1180. The number of fused-ring (bicyclic) bond motifs is 3. The zero-order valence-electron chi connectivity index (χ0n) is 22.7. The van der Waals surface area contributed by atoms with Crippen LogP contribution in [0.4, 0.5) is 16.2 Å². The first kappa shape index (κ1) is 26.1. The van der Waals surface area contributed by atoms with Gasteiger partial charge in [-0.15, -0.1) is 0 Å². The van der Waals surface area contributed by atoms with Gasteiger partial charge in [0.25, 0.3) is 0 Å². The van der Waals surface area contributed by atoms with Crippen molar-refractivity contribution in [2.45, 2.75) is 31.9 Å². The molecule has 200 valence electrons. The predicted octanol–water partition coefficient (Wildman–Crippen LogP) is 5.97. The lowest BCUT2D eigenvalue weighted by molar-refractivity contribution is -0.946. The summed E-state index contributed by atoms with van der Waals surface area (Å²) in [6.45, 7) is 5.49. The van der Waals surface area contributed by atoms with Crippen LogP contribution in [0.1, 0.15) is 24.8 Å². The van der Waals surface area contributed by atoms with Crippen molar-refractivity contribution in [2.24, 2.45) is 5.92 Å². The molecule has 0 aromatic heterocycles. The fourth-order valence-corrected chi connectivity index (χ4v) is 5.94. The summed E-state index contributed by atoms with van der Waals surface area (Å²) in [7, 11) is 4.08. The van der Waals surface area contributed by atoms with Gasteiger partial charge >= 0.3 is 6.09 Å². The summed E-state index contributed by atoms with van der Waals surface area (Å²) in [4.78, 5) is 17.4. The topological polar surface area (TPSA) is 42.0 Å². The first-order valence-electron chi connectivity index (χ1n) is 13.8. The summed E-state index contributed by atoms with van der Waals surface area (Å²) < 4.78 is 13.4. The van der Waals surface area contributed by atoms with Crippen molar-refractivity contribution in [1.29, 1.82) is 0 Å². The maximum absolute atomic E-state index is 13.6. The molecule has 6 rings (SSSR count). The second-order valence-electron chi connectivity index (χ2n) is 11.0. The lowest BCUT2D eigenvalue weighted by atomic mass is 9.83. The number of benzene rings is 3. The Labute approximate surface area is 227 Å². The Morgan fingerprint density at radius 1 is 0.895 bits per heavy atom. The molecule has 6 heteroatoms. The molecule has 0 radical (unpaired) electrons. The van der Waals surface area contributed by atoms with E-state index in [2.05, 4.69) is 29.2 Å². The Morgan fingerprint density at radius 2 is 1.58 bits per heavy atom. The second kappa shape index (κ2) is 11.9. The molecule has 38 heavy (non-hydrogen) atoms. The molecule has 1 atom stereocenters. The SMILES string of the molecule is CN(C)c1cccc(OCCC[N+]23CCC(CC2)[C@@H](OC(=O)N(Cc2ccccc2)c2ccccc2)C3)c1. The van der Waals surface area contributed by atoms with E-state index >= 15 is 0 Å². The highest BCUT2D eigenvalue weighted by Crippen LogP contribution is 2.36. The van der Waals surface area contributed by atoms with Crippen LogP contribution in [0.5, 0.6) is 5.75 Å². The summed E-state index contributed by atoms with van der Waals surface area (Å²) in [6, 6.07) is 28.2. The molecule has 0 unspecified atom stereocenters. The Hall–Kier alpha value is -3.51. The maximum Gasteiger partial charge on any atom is 0.415 e. The van der Waals surface area contributed by atoms with Gasteiger partial charge in [-0.3, -0.25) is 4.90 Å². The molecule has 6 nitrogen and oxygen atoms in total. The summed E-state index contributed by atoms with van der Waals surface area (Å²) in [5, 5.41) is 0. The zero-order chi connectivity index (χ0) is 26.4. The van der Waals surface area contributed by atoms with Crippen molar-refractivity contribution in [1.82, 2.24) is 0 Å². The van der Waals surface area contributed by atoms with Crippen molar-refractivity contribution < 1.29 is 18.8 Å². The second-order valence-corrected chi connectivity index (χ2v) is 11.0. The van der Waals surface area contributed by atoms with Gasteiger partial charge in [0.15, 0.2) is 6.10 Å². The van der Waals surface area contributed by atoms with Crippen molar-refractivity contribution in [3.8, 4) is 5.75 Å². The van der Waals surface area contributed by atoms with Crippen LogP contribution in [-0.4, -0.2) is 63.6 Å². The molecule has 2 bridgehead atoms. The Morgan fingerprint density at radius 3 is 2.29 bits per heavy atom. The molecule has 0 N–H and O–H groups in total. The number of para-hydroxylation sites is 1. The summed E-state index contributed by atoms with van der Waals surface area (Å²) in [6.07, 6.45) is 2.94. The highest BCUT2D eigenvalue weighted by atomic mass is 16.6. The van der Waals surface area contributed by atoms with Crippen LogP contribution in [0.25, 0.3) is 0 Å². The molecule has 0 aliphatic carbocycles. The lowest BCUT2D eigenvalue weighted by Crippen LogP contribution is -2.65. The van der Waals surface area contributed by atoms with Gasteiger partial charge in [0, 0.05) is 56.7 Å². The monoisotopic (exact) mass is 514 g/mol. The highest BCUT2D eigenvalue weighted by molar-refractivity contribution is 5.87. The van der Waals surface area contributed by atoms with Crippen LogP contribution in [0.3, 0.4) is 0 Å². The van der Waals surface area contributed by atoms with E-state index in [1.165, 1.54) is 13.1 Å². The minimum Gasteiger partial charge on any atom is -0.493 e. The third-order valence-corrected chi connectivity index (χ3v) is 8.14. The molecule has 0 spiro atoms. The van der Waals surface area contributed by atoms with Gasteiger partial charge in [-0.25, -0.2) is 4.79 Å². The molecular formula is C32H40N3O3+. The predicted molar refractivity (Wildman–Crippen MR) is 153 cm³/mol. The quantitative estimate of drug-likeness (QED) is 0.247. The smallest absolute Gasteiger partial charge is 0.415 e. The molecule has 1 amide bonds. The molecule has 3 aromatic rings. The third kappa shape index (κ3) is 6.30. The minimum atomic E-state index is -0.249. The molecule has 3 aliphatic heterocycles. The number of nitrogens with zero attached hydrogens (tertiary/aromatic N) is 3. The largest absolute Gasteiger partial charge is 0.493 e. The molecule has 3 heterocycles. The first-order chi connectivity index (χ1) is 18.5. The van der Waals surface area contributed by atoms with E-state index in [0.29, 0.717) is 19.1 Å². The number of carbonyl (C=O) groups excluding carboxylic acids is 1. The van der Waals surface area contributed by atoms with Gasteiger partial charge in [-0.2, -0.15) is 0 Å². The van der Waals surface area contributed by atoms with E-state index in [4.69, 9.17) is 9.47 Å². The zero-order valence-corrected chi connectivity index (χ0v) is 22.7. The number of amides is 1. The van der Waals surface area contributed by atoms with Gasteiger partial charge in [-0.1, -0.05) is 54.6 Å². The number of carbonyl (C=O) groups is 1. The lowest BCUT2D eigenvalue weighted by Gasteiger charge is -2.52. The molecule has 3 aliphatic rings. The highest BCUT2D eigenvalue weighted by Gasteiger charge is 2.47. The van der Waals surface area contributed by atoms with E-state index in [9.17, 15) is 4.79 Å². The third-order valence-electron chi connectivity index (χ3n) is 8.14. The van der Waals surface area contributed by atoms with E-state index in [0.717, 1.165) is 59.5 Å². The fraction of sp³-hybridized carbons (Fsp3) is 0.406. The van der Waals surface area contributed by atoms with Crippen molar-refractivity contribution >= 4 is 17.5 Å². The number of ether oxygens (including phenoxy) is 2. The van der Waals surface area contributed by atoms with E-state index in [1.54, 1.807) is 4.90 Å². The maximum atomic E-state index is 13.6. The van der Waals surface area contributed by atoms with Crippen molar-refractivity contribution in [3.05, 3.63) is 90.5 Å². The molecule has 3 fully saturated rings. The number of quaternary nitrogens is 1. The van der Waals surface area contributed by atoms with Gasteiger partial charge in [0.2, 0.25) is 0 Å². The Kier molecular flexibility index (Phi) is 8.18. The van der Waals surface area contributed by atoms with Crippen molar-refractivity contribution in [3.63, 3.8) is 0 Å². The normalized spacial score (nSPS) is 22.1. The van der Waals surface area contributed by atoms with Gasteiger partial charge in [0.1, 0.15) is 12.3 Å². The van der Waals surface area contributed by atoms with Crippen LogP contribution in [0, 0.1) is 5.92 Å². The van der Waals surface area contributed by atoms with Gasteiger partial charge in [-0.05, 0) is 29.8 Å². The van der Waals surface area contributed by atoms with E-state index in [1.807, 2.05) is 74.8 Å². The number of piperidine rings is 3. The first-order valence-corrected chi connectivity index (χ1v) is 13.8. The molecule has 3 saturated heterocycles. The van der Waals surface area contributed by atoms with Gasteiger partial charge in [0.05, 0.1) is 32.8 Å². The summed E-state index contributed by atoms with van der Waals surface area (Å²) >= 11 is 0. The number of rotatable bonds is 10. The van der Waals surface area contributed by atoms with Crippen LogP contribution >= 0.6 is 0 Å². The van der Waals surface area contributed by atoms with E-state index < -0.39 is 0 Å². The summed E-state index contributed by atoms with van der Waals surface area (Å²) in [5.74, 6) is 1.37. The number of hydrogen-bond donors (Lipinski definition) is 0. The standard InChI is InChI=1S/C32H40N3O3/c1-33(2)29-15-9-16-30(23-29)37-22-10-19-35-20-17-27(18-21-35)31(25-35)38-32(36)34(28-13-7-4-8-14-28)24-26-11-5-3-6-12-26/h3-9,11-16,23,27,31H,10,17-22,24-25H2,1-2H3/q+1/t27?,31-,35?/m0/s1. The summed E-state index contributed by atoms with van der Waals surface area (Å²) in [5.41, 5.74) is 3.09. The fourth-order valence-electron chi connectivity index (χ4n) is 5.94. The molecule has 0 saturated carbocycles. The number of hydrogen-bond acceptors (Lipinski definition) is 4. The average molecular weight is 515 g/mol. The van der Waals surface area contributed by atoms with E-state index in [-0.39, 0.29) is 12.2 Å². The molecular weight excluding hydrogens is 474 g/mol. The molecule has 3 aromatic carbocycles. The van der Waals surface area contributed by atoms with Crippen molar-refractivity contribution in [2.75, 3.05) is 56.7 Å². The van der Waals surface area contributed by atoms with Crippen LogP contribution in [-0.2, 0) is 11.3 Å². The van der Waals surface area contributed by atoms with Crippen LogP contribution < -0.4 is 14.5 Å². The number of anilines is 2. The Balaban J connectivity index is 1.19. The van der Waals surface area contributed by atoms with Crippen LogP contribution in [0.2, 0.25) is 0 Å². The van der Waals surface area contributed by atoms with Gasteiger partial charge < -0.3 is 18.9 Å². The average Bonchev–Trinajstić information content (AvgIpc) is 2.96.